The lowest BCUT2D eigenvalue weighted by molar-refractivity contribution is -0.134. The molecule has 134 valence electrons. The lowest BCUT2D eigenvalue weighted by Gasteiger charge is -2.17. The number of carbonyl (C=O) groups is 1. The first kappa shape index (κ1) is 17.0. The van der Waals surface area contributed by atoms with Crippen LogP contribution in [0.25, 0.3) is 11.1 Å². The molecule has 0 spiro atoms. The summed E-state index contributed by atoms with van der Waals surface area (Å²) in [6.07, 6.45) is 0.254. The Labute approximate surface area is 157 Å². The van der Waals surface area contributed by atoms with Crippen molar-refractivity contribution in [3.8, 4) is 5.75 Å². The smallest absolute Gasteiger partial charge is 0.312 e. The summed E-state index contributed by atoms with van der Waals surface area (Å²) in [7, 11) is 0. The van der Waals surface area contributed by atoms with Crippen LogP contribution in [-0.4, -0.2) is 11.0 Å². The molecule has 0 unspecified atom stereocenters. The highest BCUT2D eigenvalue weighted by Gasteiger charge is 2.19. The lowest BCUT2D eigenvalue weighted by Crippen LogP contribution is -2.14. The summed E-state index contributed by atoms with van der Waals surface area (Å²) in [6, 6.07) is 25.2. The van der Waals surface area contributed by atoms with E-state index in [1.165, 1.54) is 0 Å². The topological polar surface area (TPSA) is 52.3 Å². The van der Waals surface area contributed by atoms with Gasteiger partial charge in [0.1, 0.15) is 11.3 Å². The Morgan fingerprint density at radius 2 is 1.59 bits per heavy atom. The molecule has 0 N–H and O–H groups in total. The normalized spacial score (nSPS) is 11.0. The molecule has 0 fully saturated rings. The molecule has 4 nitrogen and oxygen atoms in total. The molecule has 1 heterocycles. The quantitative estimate of drug-likeness (QED) is 0.361. The van der Waals surface area contributed by atoms with Crippen molar-refractivity contribution < 1.29 is 13.9 Å². The van der Waals surface area contributed by atoms with Crippen LogP contribution in [0.3, 0.4) is 0 Å². The van der Waals surface area contributed by atoms with Gasteiger partial charge in [-0.1, -0.05) is 60.7 Å². The number of oxazole rings is 1. The fourth-order valence-electron chi connectivity index (χ4n) is 3.22. The van der Waals surface area contributed by atoms with Gasteiger partial charge in [0.05, 0.1) is 6.42 Å². The van der Waals surface area contributed by atoms with E-state index in [1.54, 1.807) is 25.1 Å². The van der Waals surface area contributed by atoms with Crippen LogP contribution >= 0.6 is 0 Å². The second kappa shape index (κ2) is 7.46. The largest absolute Gasteiger partial charge is 0.441 e. The van der Waals surface area contributed by atoms with Crippen molar-refractivity contribution in [3.05, 3.63) is 95.9 Å². The van der Waals surface area contributed by atoms with Crippen molar-refractivity contribution in [2.24, 2.45) is 0 Å². The zero-order valence-electron chi connectivity index (χ0n) is 15.0. The summed E-state index contributed by atoms with van der Waals surface area (Å²) in [4.78, 5) is 16.9. The first-order chi connectivity index (χ1) is 13.2. The van der Waals surface area contributed by atoms with Crippen LogP contribution in [0.15, 0.2) is 83.3 Å². The van der Waals surface area contributed by atoms with Crippen LogP contribution in [-0.2, 0) is 4.79 Å². The van der Waals surface area contributed by atoms with Crippen LogP contribution in [0.2, 0.25) is 0 Å². The number of aryl methyl sites for hydroxylation is 1. The average molecular weight is 357 g/mol. The highest BCUT2D eigenvalue weighted by Crippen LogP contribution is 2.29. The molecule has 0 bridgehead atoms. The number of ether oxygens (including phenoxy) is 1. The second-order valence-electron chi connectivity index (χ2n) is 6.41. The summed E-state index contributed by atoms with van der Waals surface area (Å²) in [5, 5.41) is 0. The number of hydrogen-bond donors (Lipinski definition) is 0. The number of rotatable bonds is 5. The van der Waals surface area contributed by atoms with Gasteiger partial charge in [-0.2, -0.15) is 0 Å². The molecule has 1 aromatic heterocycles. The van der Waals surface area contributed by atoms with Gasteiger partial charge in [0.15, 0.2) is 11.5 Å². The SMILES string of the molecule is Cc1nc2cc(OC(=O)CC(c3ccccc3)c3ccccc3)ccc2o1. The first-order valence-corrected chi connectivity index (χ1v) is 8.87. The summed E-state index contributed by atoms with van der Waals surface area (Å²) < 4.78 is 11.0. The van der Waals surface area contributed by atoms with Crippen molar-refractivity contribution in [2.45, 2.75) is 19.3 Å². The van der Waals surface area contributed by atoms with E-state index in [1.807, 2.05) is 60.7 Å². The molecular weight excluding hydrogens is 338 g/mol. The van der Waals surface area contributed by atoms with Crippen LogP contribution in [0.5, 0.6) is 5.75 Å². The van der Waals surface area contributed by atoms with Gasteiger partial charge >= 0.3 is 5.97 Å². The van der Waals surface area contributed by atoms with Crippen molar-refractivity contribution in [1.82, 2.24) is 4.98 Å². The molecule has 4 rings (SSSR count). The second-order valence-corrected chi connectivity index (χ2v) is 6.41. The maximum Gasteiger partial charge on any atom is 0.312 e. The summed E-state index contributed by atoms with van der Waals surface area (Å²) >= 11 is 0. The number of nitrogens with zero attached hydrogens (tertiary/aromatic N) is 1. The van der Waals surface area contributed by atoms with E-state index in [2.05, 4.69) is 4.98 Å². The Morgan fingerprint density at radius 3 is 2.22 bits per heavy atom. The third-order valence-electron chi connectivity index (χ3n) is 4.47. The monoisotopic (exact) mass is 357 g/mol. The van der Waals surface area contributed by atoms with Gasteiger partial charge in [-0.25, -0.2) is 4.98 Å². The maximum atomic E-state index is 12.6. The molecule has 0 aliphatic carbocycles. The standard InChI is InChI=1S/C23H19NO3/c1-16-24-21-14-19(12-13-22(21)26-16)27-23(25)15-20(17-8-4-2-5-9-17)18-10-6-3-7-11-18/h2-14,20H,15H2,1H3. The number of aromatic nitrogens is 1. The minimum absolute atomic E-state index is 0.0575. The number of esters is 1. The number of benzene rings is 3. The third kappa shape index (κ3) is 3.90. The molecule has 0 saturated carbocycles. The fraction of sp³-hybridized carbons (Fsp3) is 0.130. The van der Waals surface area contributed by atoms with Crippen LogP contribution in [0, 0.1) is 6.92 Å². The Morgan fingerprint density at radius 1 is 0.963 bits per heavy atom. The molecule has 0 saturated heterocycles. The van der Waals surface area contributed by atoms with Gasteiger partial charge < -0.3 is 9.15 Å². The molecule has 3 aromatic carbocycles. The first-order valence-electron chi connectivity index (χ1n) is 8.87. The van der Waals surface area contributed by atoms with E-state index in [4.69, 9.17) is 9.15 Å². The van der Waals surface area contributed by atoms with Crippen molar-refractivity contribution in [1.29, 1.82) is 0 Å². The van der Waals surface area contributed by atoms with E-state index in [-0.39, 0.29) is 18.3 Å². The van der Waals surface area contributed by atoms with E-state index in [9.17, 15) is 4.79 Å². The van der Waals surface area contributed by atoms with Gasteiger partial charge in [0, 0.05) is 18.9 Å². The predicted octanol–water partition coefficient (Wildman–Crippen LogP) is 5.26. The molecule has 0 aliphatic heterocycles. The zero-order valence-corrected chi connectivity index (χ0v) is 15.0. The summed E-state index contributed by atoms with van der Waals surface area (Å²) in [6.45, 7) is 1.79. The van der Waals surface area contributed by atoms with Crippen LogP contribution in [0.1, 0.15) is 29.4 Å². The molecule has 4 aromatic rings. The van der Waals surface area contributed by atoms with Gasteiger partial charge in [-0.05, 0) is 23.3 Å². The lowest BCUT2D eigenvalue weighted by atomic mass is 9.89. The molecule has 0 aliphatic rings. The van der Waals surface area contributed by atoms with E-state index >= 15 is 0 Å². The van der Waals surface area contributed by atoms with Gasteiger partial charge in [0.2, 0.25) is 0 Å². The molecule has 0 atom stereocenters. The van der Waals surface area contributed by atoms with Crippen molar-refractivity contribution in [2.75, 3.05) is 0 Å². The summed E-state index contributed by atoms with van der Waals surface area (Å²) in [5.74, 6) is 0.715. The van der Waals surface area contributed by atoms with Gasteiger partial charge in [0.25, 0.3) is 0 Å². The van der Waals surface area contributed by atoms with Crippen LogP contribution < -0.4 is 4.74 Å². The fourth-order valence-corrected chi connectivity index (χ4v) is 3.22. The highest BCUT2D eigenvalue weighted by molar-refractivity contribution is 5.78. The van der Waals surface area contributed by atoms with E-state index in [0.717, 1.165) is 11.1 Å². The Balaban J connectivity index is 1.56. The van der Waals surface area contributed by atoms with Gasteiger partial charge in [-0.3, -0.25) is 4.79 Å². The number of fused-ring (bicyclic) bond motifs is 1. The number of hydrogen-bond acceptors (Lipinski definition) is 4. The molecule has 4 heteroatoms. The minimum Gasteiger partial charge on any atom is -0.441 e. The Hall–Kier alpha value is -3.40. The third-order valence-corrected chi connectivity index (χ3v) is 4.47. The molecule has 27 heavy (non-hydrogen) atoms. The van der Waals surface area contributed by atoms with E-state index in [0.29, 0.717) is 22.7 Å². The average Bonchev–Trinajstić information content (AvgIpc) is 3.07. The highest BCUT2D eigenvalue weighted by atomic mass is 16.5. The predicted molar refractivity (Wildman–Crippen MR) is 104 cm³/mol. The Kier molecular flexibility index (Phi) is 4.71. The molecule has 0 radical (unpaired) electrons. The van der Waals surface area contributed by atoms with Crippen LogP contribution in [0.4, 0.5) is 0 Å². The number of carbonyl (C=O) groups excluding carboxylic acids is 1. The van der Waals surface area contributed by atoms with Gasteiger partial charge in [-0.15, -0.1) is 0 Å². The van der Waals surface area contributed by atoms with Crippen molar-refractivity contribution >= 4 is 17.1 Å². The maximum absolute atomic E-state index is 12.6. The molecular formula is C23H19NO3. The minimum atomic E-state index is -0.285. The Bertz CT molecular complexity index is 1020. The summed E-state index contributed by atoms with van der Waals surface area (Å²) in [5.41, 5.74) is 3.53. The van der Waals surface area contributed by atoms with E-state index < -0.39 is 0 Å². The molecule has 0 amide bonds. The van der Waals surface area contributed by atoms with Crippen molar-refractivity contribution in [3.63, 3.8) is 0 Å². The zero-order chi connectivity index (χ0) is 18.6.